The first-order valence-electron chi connectivity index (χ1n) is 7.36. The molecule has 0 radical (unpaired) electrons. The van der Waals surface area contributed by atoms with Crippen LogP contribution < -0.4 is 10.5 Å². The van der Waals surface area contributed by atoms with Crippen LogP contribution in [0.2, 0.25) is 0 Å². The minimum atomic E-state index is -0.0739. The third-order valence-corrected chi connectivity index (χ3v) is 4.09. The molecule has 104 valence electrons. The lowest BCUT2D eigenvalue weighted by molar-refractivity contribution is 0.290. The topological polar surface area (TPSA) is 35.2 Å². The molecule has 20 heavy (non-hydrogen) atoms. The van der Waals surface area contributed by atoms with Gasteiger partial charge in [0.1, 0.15) is 12.4 Å². The number of benzene rings is 2. The Hall–Kier alpha value is -1.80. The van der Waals surface area contributed by atoms with Crippen molar-refractivity contribution in [1.82, 2.24) is 0 Å². The molecular weight excluding hydrogens is 246 g/mol. The lowest BCUT2D eigenvalue weighted by atomic mass is 9.79. The maximum atomic E-state index is 6.25. The van der Waals surface area contributed by atoms with Gasteiger partial charge in [0.2, 0.25) is 0 Å². The molecule has 0 heterocycles. The Morgan fingerprint density at radius 2 is 1.85 bits per heavy atom. The molecule has 0 spiro atoms. The molecule has 0 saturated heterocycles. The average Bonchev–Trinajstić information content (AvgIpc) is 2.44. The van der Waals surface area contributed by atoms with Crippen molar-refractivity contribution in [3.63, 3.8) is 0 Å². The molecule has 0 aromatic heterocycles. The van der Waals surface area contributed by atoms with E-state index in [1.807, 2.05) is 30.3 Å². The first kappa shape index (κ1) is 13.2. The van der Waals surface area contributed by atoms with E-state index in [9.17, 15) is 0 Å². The summed E-state index contributed by atoms with van der Waals surface area (Å²) in [6, 6.07) is 18.4. The van der Waals surface area contributed by atoms with Crippen LogP contribution in [0.5, 0.6) is 5.75 Å². The normalized spacial score (nSPS) is 16.4. The van der Waals surface area contributed by atoms with Crippen LogP contribution >= 0.6 is 0 Å². The molecule has 1 unspecified atom stereocenters. The minimum absolute atomic E-state index is 0.0739. The smallest absolute Gasteiger partial charge is 0.119 e. The molecule has 1 aliphatic rings. The van der Waals surface area contributed by atoms with E-state index in [4.69, 9.17) is 10.5 Å². The van der Waals surface area contributed by atoms with Gasteiger partial charge in [-0.2, -0.15) is 0 Å². The van der Waals surface area contributed by atoms with E-state index in [2.05, 4.69) is 24.3 Å². The van der Waals surface area contributed by atoms with Crippen molar-refractivity contribution >= 4 is 0 Å². The Balaban J connectivity index is 1.63. The number of hydrogen-bond donors (Lipinski definition) is 1. The van der Waals surface area contributed by atoms with E-state index in [1.54, 1.807) is 0 Å². The molecular formula is C18H21NO. The zero-order valence-electron chi connectivity index (χ0n) is 11.7. The zero-order chi connectivity index (χ0) is 13.8. The molecule has 0 bridgehead atoms. The molecule has 1 atom stereocenters. The molecule has 2 heteroatoms. The van der Waals surface area contributed by atoms with Gasteiger partial charge in [-0.25, -0.2) is 0 Å². The summed E-state index contributed by atoms with van der Waals surface area (Å²) in [6.45, 7) is 0.512. The van der Waals surface area contributed by atoms with Crippen LogP contribution in [0.25, 0.3) is 0 Å². The number of ether oxygens (including phenoxy) is 1. The summed E-state index contributed by atoms with van der Waals surface area (Å²) in [5.41, 5.74) is 8.85. The zero-order valence-corrected chi connectivity index (χ0v) is 11.7. The number of hydrogen-bond acceptors (Lipinski definition) is 2. The summed E-state index contributed by atoms with van der Waals surface area (Å²) in [7, 11) is 0. The molecule has 3 rings (SSSR count). The second-order valence-electron chi connectivity index (χ2n) is 5.53. The van der Waals surface area contributed by atoms with Gasteiger partial charge < -0.3 is 10.5 Å². The maximum absolute atomic E-state index is 6.25. The van der Waals surface area contributed by atoms with Gasteiger partial charge >= 0.3 is 0 Å². The van der Waals surface area contributed by atoms with Gasteiger partial charge in [-0.05, 0) is 42.0 Å². The lowest BCUT2D eigenvalue weighted by Gasteiger charge is -2.26. The highest BCUT2D eigenvalue weighted by Gasteiger charge is 2.20. The third kappa shape index (κ3) is 3.02. The quantitative estimate of drug-likeness (QED) is 0.887. The van der Waals surface area contributed by atoms with Gasteiger partial charge in [-0.1, -0.05) is 48.9 Å². The monoisotopic (exact) mass is 267 g/mol. The van der Waals surface area contributed by atoms with Crippen LogP contribution in [0.15, 0.2) is 54.6 Å². The second-order valence-corrected chi connectivity index (χ2v) is 5.53. The highest BCUT2D eigenvalue weighted by Crippen LogP contribution is 2.36. The molecule has 0 aliphatic heterocycles. The van der Waals surface area contributed by atoms with Crippen molar-refractivity contribution in [2.24, 2.45) is 5.73 Å². The molecule has 2 N–H and O–H groups in total. The molecule has 2 aromatic rings. The van der Waals surface area contributed by atoms with Gasteiger partial charge in [-0.15, -0.1) is 0 Å². The van der Waals surface area contributed by atoms with Gasteiger partial charge in [0, 0.05) is 0 Å². The maximum Gasteiger partial charge on any atom is 0.119 e. The Labute approximate surface area is 120 Å². The fourth-order valence-corrected chi connectivity index (χ4v) is 2.58. The van der Waals surface area contributed by atoms with Crippen LogP contribution in [0.4, 0.5) is 0 Å². The average molecular weight is 267 g/mol. The van der Waals surface area contributed by atoms with Crippen LogP contribution in [0, 0.1) is 0 Å². The fraction of sp³-hybridized carbons (Fsp3) is 0.333. The van der Waals surface area contributed by atoms with Crippen molar-refractivity contribution in [2.75, 3.05) is 6.61 Å². The van der Waals surface area contributed by atoms with E-state index in [0.717, 1.165) is 11.7 Å². The predicted octanol–water partition coefficient (Wildman–Crippen LogP) is 4.03. The van der Waals surface area contributed by atoms with Gasteiger partial charge in [0.25, 0.3) is 0 Å². The Bertz CT molecular complexity index is 548. The summed E-state index contributed by atoms with van der Waals surface area (Å²) in [4.78, 5) is 0. The molecule has 1 saturated carbocycles. The number of para-hydroxylation sites is 1. The third-order valence-electron chi connectivity index (χ3n) is 4.09. The van der Waals surface area contributed by atoms with Crippen molar-refractivity contribution in [3.05, 3.63) is 65.7 Å². The van der Waals surface area contributed by atoms with Crippen LogP contribution in [-0.4, -0.2) is 6.61 Å². The molecule has 1 fully saturated rings. The number of nitrogens with two attached hydrogens (primary N) is 1. The minimum Gasteiger partial charge on any atom is -0.492 e. The predicted molar refractivity (Wildman–Crippen MR) is 81.9 cm³/mol. The summed E-state index contributed by atoms with van der Waals surface area (Å²) in [5.74, 6) is 1.62. The molecule has 0 amide bonds. The van der Waals surface area contributed by atoms with E-state index >= 15 is 0 Å². The molecule has 2 nitrogen and oxygen atoms in total. The first-order valence-corrected chi connectivity index (χ1v) is 7.36. The second kappa shape index (κ2) is 6.10. The fourth-order valence-electron chi connectivity index (χ4n) is 2.58. The lowest BCUT2D eigenvalue weighted by Crippen LogP contribution is -2.19. The van der Waals surface area contributed by atoms with E-state index in [-0.39, 0.29) is 6.04 Å². The molecule has 1 aliphatic carbocycles. The van der Waals surface area contributed by atoms with Crippen LogP contribution in [-0.2, 0) is 0 Å². The van der Waals surface area contributed by atoms with Crippen molar-refractivity contribution < 1.29 is 4.74 Å². The Morgan fingerprint density at radius 3 is 2.55 bits per heavy atom. The highest BCUT2D eigenvalue weighted by molar-refractivity contribution is 5.30. The Kier molecular flexibility index (Phi) is 4.03. The van der Waals surface area contributed by atoms with Gasteiger partial charge in [0.15, 0.2) is 0 Å². The van der Waals surface area contributed by atoms with Gasteiger partial charge in [-0.3, -0.25) is 0 Å². The standard InChI is InChI=1S/C18H21NO/c19-18(13-20-17-10-2-1-3-11-17)16-9-5-8-15(12-16)14-6-4-7-14/h1-3,5,8-12,14,18H,4,6-7,13,19H2. The van der Waals surface area contributed by atoms with Crippen LogP contribution in [0.3, 0.4) is 0 Å². The summed E-state index contributed by atoms with van der Waals surface area (Å²) >= 11 is 0. The van der Waals surface area contributed by atoms with Crippen molar-refractivity contribution in [3.8, 4) is 5.75 Å². The van der Waals surface area contributed by atoms with Crippen LogP contribution in [0.1, 0.15) is 42.3 Å². The van der Waals surface area contributed by atoms with Crippen molar-refractivity contribution in [1.29, 1.82) is 0 Å². The summed E-state index contributed by atoms with van der Waals surface area (Å²) < 4.78 is 5.74. The highest BCUT2D eigenvalue weighted by atomic mass is 16.5. The summed E-state index contributed by atoms with van der Waals surface area (Å²) in [6.07, 6.45) is 4.00. The van der Waals surface area contributed by atoms with E-state index in [1.165, 1.54) is 30.4 Å². The van der Waals surface area contributed by atoms with E-state index in [0.29, 0.717) is 6.61 Å². The largest absolute Gasteiger partial charge is 0.492 e. The Morgan fingerprint density at radius 1 is 1.05 bits per heavy atom. The van der Waals surface area contributed by atoms with Gasteiger partial charge in [0.05, 0.1) is 6.04 Å². The first-order chi connectivity index (χ1) is 9.83. The SMILES string of the molecule is NC(COc1ccccc1)c1cccc(C2CCC2)c1. The molecule has 2 aromatic carbocycles. The summed E-state index contributed by atoms with van der Waals surface area (Å²) in [5, 5.41) is 0. The van der Waals surface area contributed by atoms with Crippen molar-refractivity contribution in [2.45, 2.75) is 31.2 Å². The number of rotatable bonds is 5. The van der Waals surface area contributed by atoms with E-state index < -0.39 is 0 Å².